The van der Waals surface area contributed by atoms with Crippen LogP contribution in [0.2, 0.25) is 0 Å². The Morgan fingerprint density at radius 2 is 1.83 bits per heavy atom. The average Bonchev–Trinajstić information content (AvgIpc) is 3.28. The highest BCUT2D eigenvalue weighted by molar-refractivity contribution is 5.79. The molecule has 0 bridgehead atoms. The fourth-order valence-corrected chi connectivity index (χ4v) is 5.94. The lowest BCUT2D eigenvalue weighted by molar-refractivity contribution is -0.138. The molecule has 2 aliphatic heterocycles. The third-order valence-corrected chi connectivity index (χ3v) is 7.90. The van der Waals surface area contributed by atoms with Crippen molar-refractivity contribution < 1.29 is 14.0 Å². The molecule has 0 aliphatic carbocycles. The molecule has 2 saturated heterocycles. The Bertz CT molecular complexity index is 1230. The molecule has 7 heteroatoms. The lowest BCUT2D eigenvalue weighted by Crippen LogP contribution is -2.51. The second-order valence-electron chi connectivity index (χ2n) is 10.3. The number of aromatic nitrogens is 2. The van der Waals surface area contributed by atoms with Crippen molar-refractivity contribution in [3.05, 3.63) is 65.2 Å². The van der Waals surface area contributed by atoms with Crippen molar-refractivity contribution in [2.24, 2.45) is 5.92 Å². The first-order chi connectivity index (χ1) is 17.5. The highest BCUT2D eigenvalue weighted by atomic mass is 19.1. The van der Waals surface area contributed by atoms with E-state index >= 15 is 0 Å². The number of hydrogen-bond donors (Lipinski definition) is 1. The molecule has 6 nitrogen and oxygen atoms in total. The molecular weight excluding hydrogens is 455 g/mol. The standard InChI is InChI=1S/C29H35FN4O2/c1-20-31-25-11-9-21(18-26(25)32-20)10-12-28(35)34-15-5-4-8-27(34)22-13-16-33(17-14-22)29(36)19-23-6-2-3-7-24(23)30/h2-3,6-7,9,11,18,22,27H,4-5,8,10,12-17,19H2,1H3,(H,31,32)/t27-/m1/s1. The van der Waals surface area contributed by atoms with Gasteiger partial charge in [0, 0.05) is 32.1 Å². The summed E-state index contributed by atoms with van der Waals surface area (Å²) in [5.74, 6) is 1.21. The first-order valence-electron chi connectivity index (χ1n) is 13.2. The van der Waals surface area contributed by atoms with Gasteiger partial charge in [-0.25, -0.2) is 9.37 Å². The molecule has 2 fully saturated rings. The maximum Gasteiger partial charge on any atom is 0.227 e. The number of piperidine rings is 2. The zero-order valence-electron chi connectivity index (χ0n) is 21.0. The summed E-state index contributed by atoms with van der Waals surface area (Å²) in [6.07, 6.45) is 6.38. The van der Waals surface area contributed by atoms with E-state index in [0.29, 0.717) is 31.0 Å². The van der Waals surface area contributed by atoms with Crippen LogP contribution in [-0.4, -0.2) is 57.3 Å². The van der Waals surface area contributed by atoms with Gasteiger partial charge < -0.3 is 14.8 Å². The molecule has 1 atom stereocenters. The summed E-state index contributed by atoms with van der Waals surface area (Å²) >= 11 is 0. The summed E-state index contributed by atoms with van der Waals surface area (Å²) in [7, 11) is 0. The van der Waals surface area contributed by atoms with Gasteiger partial charge in [0.25, 0.3) is 0 Å². The van der Waals surface area contributed by atoms with Crippen LogP contribution in [0.5, 0.6) is 0 Å². The minimum absolute atomic E-state index is 0.0143. The molecule has 5 rings (SSSR count). The molecule has 0 spiro atoms. The Hall–Kier alpha value is -3.22. The lowest BCUT2D eigenvalue weighted by Gasteiger charge is -2.44. The molecule has 190 valence electrons. The van der Waals surface area contributed by atoms with Gasteiger partial charge >= 0.3 is 0 Å². The van der Waals surface area contributed by atoms with Crippen molar-refractivity contribution in [1.29, 1.82) is 0 Å². The van der Waals surface area contributed by atoms with Crippen LogP contribution in [0.4, 0.5) is 4.39 Å². The minimum atomic E-state index is -0.323. The van der Waals surface area contributed by atoms with E-state index in [2.05, 4.69) is 27.0 Å². The monoisotopic (exact) mass is 490 g/mol. The van der Waals surface area contributed by atoms with Gasteiger partial charge in [0.1, 0.15) is 11.6 Å². The van der Waals surface area contributed by atoms with Crippen molar-refractivity contribution in [2.45, 2.75) is 64.3 Å². The molecule has 3 aromatic rings. The van der Waals surface area contributed by atoms with Crippen LogP contribution in [0.15, 0.2) is 42.5 Å². The number of fused-ring (bicyclic) bond motifs is 1. The number of carbonyl (C=O) groups is 2. The van der Waals surface area contributed by atoms with E-state index in [9.17, 15) is 14.0 Å². The quantitative estimate of drug-likeness (QED) is 0.539. The van der Waals surface area contributed by atoms with E-state index in [1.54, 1.807) is 18.2 Å². The summed E-state index contributed by atoms with van der Waals surface area (Å²) in [4.78, 5) is 37.8. The second-order valence-corrected chi connectivity index (χ2v) is 10.3. The largest absolute Gasteiger partial charge is 0.342 e. The van der Waals surface area contributed by atoms with E-state index in [0.717, 1.165) is 67.5 Å². The first-order valence-corrected chi connectivity index (χ1v) is 13.2. The zero-order chi connectivity index (χ0) is 25.1. The number of amides is 2. The average molecular weight is 491 g/mol. The van der Waals surface area contributed by atoms with E-state index in [4.69, 9.17) is 0 Å². The van der Waals surface area contributed by atoms with Gasteiger partial charge in [-0.3, -0.25) is 9.59 Å². The van der Waals surface area contributed by atoms with Gasteiger partial charge in [-0.05, 0) is 80.7 Å². The first kappa shape index (κ1) is 24.5. The number of imidazole rings is 1. The van der Waals surface area contributed by atoms with Crippen LogP contribution < -0.4 is 0 Å². The van der Waals surface area contributed by atoms with Crippen LogP contribution in [0.3, 0.4) is 0 Å². The fourth-order valence-electron chi connectivity index (χ4n) is 5.94. The predicted molar refractivity (Wildman–Crippen MR) is 138 cm³/mol. The fraction of sp³-hybridized carbons (Fsp3) is 0.483. The second kappa shape index (κ2) is 10.8. The Morgan fingerprint density at radius 3 is 2.64 bits per heavy atom. The van der Waals surface area contributed by atoms with Crippen molar-refractivity contribution in [3.8, 4) is 0 Å². The Balaban J connectivity index is 1.15. The van der Waals surface area contributed by atoms with Gasteiger partial charge in [-0.1, -0.05) is 24.3 Å². The number of nitrogens with one attached hydrogen (secondary N) is 1. The lowest BCUT2D eigenvalue weighted by atomic mass is 9.83. The van der Waals surface area contributed by atoms with Crippen molar-refractivity contribution in [1.82, 2.24) is 19.8 Å². The number of likely N-dealkylation sites (tertiary alicyclic amines) is 2. The van der Waals surface area contributed by atoms with Crippen molar-refractivity contribution in [2.75, 3.05) is 19.6 Å². The number of aryl methyl sites for hydroxylation is 2. The van der Waals surface area contributed by atoms with Gasteiger partial charge in [0.2, 0.25) is 11.8 Å². The summed E-state index contributed by atoms with van der Waals surface area (Å²) < 4.78 is 14.0. The number of benzene rings is 2. The van der Waals surface area contributed by atoms with E-state index < -0.39 is 0 Å². The summed E-state index contributed by atoms with van der Waals surface area (Å²) in [5.41, 5.74) is 3.58. The molecular formula is C29H35FN4O2. The number of halogens is 1. The predicted octanol–water partition coefficient (Wildman–Crippen LogP) is 4.81. The number of nitrogens with zero attached hydrogens (tertiary/aromatic N) is 3. The molecule has 2 aromatic carbocycles. The minimum Gasteiger partial charge on any atom is -0.342 e. The maximum absolute atomic E-state index is 14.0. The maximum atomic E-state index is 14.0. The Kier molecular flexibility index (Phi) is 7.35. The van der Waals surface area contributed by atoms with Gasteiger partial charge in [0.15, 0.2) is 0 Å². The highest BCUT2D eigenvalue weighted by Crippen LogP contribution is 2.31. The van der Waals surface area contributed by atoms with Crippen LogP contribution in [0.25, 0.3) is 11.0 Å². The molecule has 0 radical (unpaired) electrons. The molecule has 0 unspecified atom stereocenters. The zero-order valence-corrected chi connectivity index (χ0v) is 21.0. The topological polar surface area (TPSA) is 69.3 Å². The van der Waals surface area contributed by atoms with E-state index in [1.807, 2.05) is 17.9 Å². The SMILES string of the molecule is Cc1nc2ccc(CCC(=O)N3CCCC[C@@H]3C3CCN(C(=O)Cc4ccccc4F)CC3)cc2[nH]1. The summed E-state index contributed by atoms with van der Waals surface area (Å²) in [5, 5.41) is 0. The smallest absolute Gasteiger partial charge is 0.227 e. The molecule has 1 aromatic heterocycles. The Morgan fingerprint density at radius 1 is 1.03 bits per heavy atom. The molecule has 1 N–H and O–H groups in total. The molecule has 3 heterocycles. The summed E-state index contributed by atoms with van der Waals surface area (Å²) in [6.45, 7) is 4.14. The molecule has 36 heavy (non-hydrogen) atoms. The van der Waals surface area contributed by atoms with Gasteiger partial charge in [-0.2, -0.15) is 0 Å². The van der Waals surface area contributed by atoms with Gasteiger partial charge in [-0.15, -0.1) is 0 Å². The Labute approximate surface area is 211 Å². The number of H-pyrrole nitrogens is 1. The number of carbonyl (C=O) groups excluding carboxylic acids is 2. The number of aromatic amines is 1. The molecule has 0 saturated carbocycles. The normalized spacial score (nSPS) is 19.1. The number of hydrogen-bond acceptors (Lipinski definition) is 3. The van der Waals surface area contributed by atoms with Crippen LogP contribution >= 0.6 is 0 Å². The van der Waals surface area contributed by atoms with Crippen LogP contribution in [0.1, 0.15) is 55.5 Å². The molecule has 2 aliphatic rings. The highest BCUT2D eigenvalue weighted by Gasteiger charge is 2.35. The van der Waals surface area contributed by atoms with Gasteiger partial charge in [0.05, 0.1) is 17.5 Å². The van der Waals surface area contributed by atoms with Crippen molar-refractivity contribution in [3.63, 3.8) is 0 Å². The van der Waals surface area contributed by atoms with E-state index in [-0.39, 0.29) is 30.1 Å². The van der Waals surface area contributed by atoms with Crippen molar-refractivity contribution >= 4 is 22.8 Å². The van der Waals surface area contributed by atoms with Crippen LogP contribution in [-0.2, 0) is 22.4 Å². The summed E-state index contributed by atoms with van der Waals surface area (Å²) in [6, 6.07) is 12.9. The number of rotatable bonds is 6. The van der Waals surface area contributed by atoms with Crippen LogP contribution in [0, 0.1) is 18.7 Å². The van der Waals surface area contributed by atoms with E-state index in [1.165, 1.54) is 6.07 Å². The third-order valence-electron chi connectivity index (χ3n) is 7.90. The molecule has 2 amide bonds. The third kappa shape index (κ3) is 5.45.